The average molecular weight is 191 g/mol. The quantitative estimate of drug-likeness (QED) is 0.685. The van der Waals surface area contributed by atoms with Crippen LogP contribution in [0, 0.1) is 0 Å². The Labute approximate surface area is 75.9 Å². The standard InChI is InChI=1S/C7H11ClN2O2/c1-4(8)7-9-6(10-12-7)5(2)11-3/h4-5H,1-3H3/t4-,5+/m1/s1. The molecule has 0 amide bonds. The number of ether oxygens (including phenoxy) is 1. The van der Waals surface area contributed by atoms with E-state index in [1.54, 1.807) is 14.0 Å². The summed E-state index contributed by atoms with van der Waals surface area (Å²) in [5.41, 5.74) is 0. The molecule has 1 aromatic heterocycles. The number of hydrogen-bond acceptors (Lipinski definition) is 4. The van der Waals surface area contributed by atoms with E-state index in [0.717, 1.165) is 0 Å². The third-order valence-electron chi connectivity index (χ3n) is 1.51. The molecule has 0 unspecified atom stereocenters. The fraction of sp³-hybridized carbons (Fsp3) is 0.714. The van der Waals surface area contributed by atoms with Gasteiger partial charge in [-0.2, -0.15) is 4.98 Å². The third kappa shape index (κ3) is 1.95. The minimum atomic E-state index is -0.254. The predicted octanol–water partition coefficient (Wildman–Crippen LogP) is 2.08. The number of methoxy groups -OCH3 is 1. The summed E-state index contributed by atoms with van der Waals surface area (Å²) in [4.78, 5) is 4.05. The van der Waals surface area contributed by atoms with Crippen LogP contribution >= 0.6 is 11.6 Å². The van der Waals surface area contributed by atoms with Crippen LogP contribution in [-0.4, -0.2) is 17.3 Å². The molecule has 0 N–H and O–H groups in total. The molecule has 0 saturated carbocycles. The summed E-state index contributed by atoms with van der Waals surface area (Å²) >= 11 is 5.73. The van der Waals surface area contributed by atoms with Gasteiger partial charge in [0.1, 0.15) is 11.5 Å². The van der Waals surface area contributed by atoms with Crippen molar-refractivity contribution in [3.8, 4) is 0 Å². The zero-order chi connectivity index (χ0) is 9.14. The molecule has 4 nitrogen and oxygen atoms in total. The normalized spacial score (nSPS) is 16.0. The molecule has 1 heterocycles. The summed E-state index contributed by atoms with van der Waals surface area (Å²) in [5, 5.41) is 3.46. The van der Waals surface area contributed by atoms with E-state index >= 15 is 0 Å². The van der Waals surface area contributed by atoms with Gasteiger partial charge in [-0.3, -0.25) is 0 Å². The Morgan fingerprint density at radius 3 is 2.58 bits per heavy atom. The highest BCUT2D eigenvalue weighted by Gasteiger charge is 2.15. The van der Waals surface area contributed by atoms with Crippen LogP contribution in [0.3, 0.4) is 0 Å². The minimum Gasteiger partial charge on any atom is -0.374 e. The SMILES string of the molecule is CO[C@@H](C)c1noc([C@@H](C)Cl)n1. The number of alkyl halides is 1. The Kier molecular flexibility index (Phi) is 3.05. The zero-order valence-electron chi connectivity index (χ0n) is 7.24. The molecule has 0 aliphatic rings. The molecule has 0 aliphatic carbocycles. The van der Waals surface area contributed by atoms with E-state index in [1.807, 2.05) is 6.92 Å². The Hall–Kier alpha value is -0.610. The molecule has 12 heavy (non-hydrogen) atoms. The molecule has 68 valence electrons. The van der Waals surface area contributed by atoms with Gasteiger partial charge in [0.05, 0.1) is 0 Å². The van der Waals surface area contributed by atoms with Crippen LogP contribution < -0.4 is 0 Å². The molecule has 0 aliphatic heterocycles. The van der Waals surface area contributed by atoms with Gasteiger partial charge in [-0.25, -0.2) is 0 Å². The second-order valence-electron chi connectivity index (χ2n) is 2.48. The smallest absolute Gasteiger partial charge is 0.244 e. The number of halogens is 1. The largest absolute Gasteiger partial charge is 0.374 e. The summed E-state index contributed by atoms with van der Waals surface area (Å²) in [6.45, 7) is 3.61. The number of aromatic nitrogens is 2. The lowest BCUT2D eigenvalue weighted by atomic mass is 10.4. The number of rotatable bonds is 3. The number of nitrogens with zero attached hydrogens (tertiary/aromatic N) is 2. The molecule has 0 spiro atoms. The highest BCUT2D eigenvalue weighted by molar-refractivity contribution is 6.20. The van der Waals surface area contributed by atoms with Crippen molar-refractivity contribution in [1.29, 1.82) is 0 Å². The van der Waals surface area contributed by atoms with Gasteiger partial charge < -0.3 is 9.26 Å². The Bertz CT molecular complexity index is 249. The summed E-state index contributed by atoms with van der Waals surface area (Å²) in [6.07, 6.45) is -0.155. The van der Waals surface area contributed by atoms with Crippen LogP contribution in [0.2, 0.25) is 0 Å². The van der Waals surface area contributed by atoms with Gasteiger partial charge >= 0.3 is 0 Å². The maximum atomic E-state index is 5.73. The van der Waals surface area contributed by atoms with E-state index in [0.29, 0.717) is 11.7 Å². The summed E-state index contributed by atoms with van der Waals surface area (Å²) in [7, 11) is 1.59. The van der Waals surface area contributed by atoms with Crippen LogP contribution in [0.5, 0.6) is 0 Å². The van der Waals surface area contributed by atoms with E-state index in [2.05, 4.69) is 10.1 Å². The molecule has 1 aromatic rings. The Balaban J connectivity index is 2.77. The molecular formula is C7H11ClN2O2. The van der Waals surface area contributed by atoms with Gasteiger partial charge in [0.25, 0.3) is 0 Å². The van der Waals surface area contributed by atoms with Crippen molar-refractivity contribution in [3.05, 3.63) is 11.7 Å². The molecule has 1 rings (SSSR count). The first-order valence-corrected chi connectivity index (χ1v) is 4.09. The zero-order valence-corrected chi connectivity index (χ0v) is 8.00. The molecule has 0 fully saturated rings. The van der Waals surface area contributed by atoms with E-state index < -0.39 is 0 Å². The fourth-order valence-corrected chi connectivity index (χ4v) is 0.768. The lowest BCUT2D eigenvalue weighted by Crippen LogP contribution is -1.98. The van der Waals surface area contributed by atoms with Crippen molar-refractivity contribution in [2.45, 2.75) is 25.3 Å². The lowest BCUT2D eigenvalue weighted by molar-refractivity contribution is 0.109. The van der Waals surface area contributed by atoms with Crippen molar-refractivity contribution in [3.63, 3.8) is 0 Å². The van der Waals surface area contributed by atoms with Crippen LogP contribution in [0.25, 0.3) is 0 Å². The Morgan fingerprint density at radius 1 is 1.50 bits per heavy atom. The van der Waals surface area contributed by atoms with Crippen LogP contribution in [0.4, 0.5) is 0 Å². The van der Waals surface area contributed by atoms with Crippen molar-refractivity contribution < 1.29 is 9.26 Å². The predicted molar refractivity (Wildman–Crippen MR) is 44.0 cm³/mol. The first-order chi connectivity index (χ1) is 5.65. The van der Waals surface area contributed by atoms with Gasteiger partial charge in [0, 0.05) is 7.11 Å². The molecule has 5 heteroatoms. The monoisotopic (exact) mass is 190 g/mol. The molecule has 0 aromatic carbocycles. The van der Waals surface area contributed by atoms with Crippen molar-refractivity contribution in [2.24, 2.45) is 0 Å². The maximum absolute atomic E-state index is 5.73. The van der Waals surface area contributed by atoms with Gasteiger partial charge in [-0.15, -0.1) is 11.6 Å². The minimum absolute atomic E-state index is 0.155. The van der Waals surface area contributed by atoms with E-state index in [-0.39, 0.29) is 11.5 Å². The topological polar surface area (TPSA) is 48.2 Å². The van der Waals surface area contributed by atoms with Crippen LogP contribution in [0.15, 0.2) is 4.52 Å². The molecule has 2 atom stereocenters. The summed E-state index contributed by atoms with van der Waals surface area (Å²) in [6, 6.07) is 0. The average Bonchev–Trinajstić information content (AvgIpc) is 2.51. The van der Waals surface area contributed by atoms with E-state index in [9.17, 15) is 0 Å². The van der Waals surface area contributed by atoms with Crippen LogP contribution in [-0.2, 0) is 4.74 Å². The molecule has 0 radical (unpaired) electrons. The van der Waals surface area contributed by atoms with Gasteiger partial charge in [0.2, 0.25) is 5.89 Å². The highest BCUT2D eigenvalue weighted by atomic mass is 35.5. The van der Waals surface area contributed by atoms with Gasteiger partial charge in [0.15, 0.2) is 5.82 Å². The summed E-state index contributed by atoms with van der Waals surface area (Å²) < 4.78 is 9.88. The maximum Gasteiger partial charge on any atom is 0.244 e. The van der Waals surface area contributed by atoms with Crippen molar-refractivity contribution in [2.75, 3.05) is 7.11 Å². The number of hydrogen-bond donors (Lipinski definition) is 0. The molecular weight excluding hydrogens is 180 g/mol. The first kappa shape index (κ1) is 9.48. The van der Waals surface area contributed by atoms with E-state index in [1.165, 1.54) is 0 Å². The second kappa shape index (κ2) is 3.87. The molecule has 0 bridgehead atoms. The second-order valence-corrected chi connectivity index (χ2v) is 3.14. The Morgan fingerprint density at radius 2 is 2.17 bits per heavy atom. The first-order valence-electron chi connectivity index (χ1n) is 3.65. The van der Waals surface area contributed by atoms with Crippen LogP contribution in [0.1, 0.15) is 37.0 Å². The fourth-order valence-electron chi connectivity index (χ4n) is 0.679. The lowest BCUT2D eigenvalue weighted by Gasteiger charge is -2.00. The van der Waals surface area contributed by atoms with Crippen molar-refractivity contribution >= 4 is 11.6 Å². The van der Waals surface area contributed by atoms with Gasteiger partial charge in [-0.1, -0.05) is 5.16 Å². The highest BCUT2D eigenvalue weighted by Crippen LogP contribution is 2.19. The summed E-state index contributed by atoms with van der Waals surface area (Å²) in [5.74, 6) is 0.954. The molecule has 0 saturated heterocycles. The third-order valence-corrected chi connectivity index (χ3v) is 1.70. The van der Waals surface area contributed by atoms with Gasteiger partial charge in [-0.05, 0) is 13.8 Å². The van der Waals surface area contributed by atoms with E-state index in [4.69, 9.17) is 20.9 Å². The van der Waals surface area contributed by atoms with Crippen molar-refractivity contribution in [1.82, 2.24) is 10.1 Å².